The lowest BCUT2D eigenvalue weighted by Crippen LogP contribution is -2.65. The molecule has 28 heavy (non-hydrogen) atoms. The molecule has 0 aromatic rings. The second kappa shape index (κ2) is 9.82. The van der Waals surface area contributed by atoms with Crippen LogP contribution in [0.1, 0.15) is 6.92 Å². The van der Waals surface area contributed by atoms with Crippen molar-refractivity contribution in [1.29, 1.82) is 0 Å². The lowest BCUT2D eigenvalue weighted by atomic mass is 9.99. The normalized spacial score (nSPS) is 29.6. The molecule has 0 aromatic carbocycles. The average molecular weight is 453 g/mol. The highest BCUT2D eigenvalue weighted by atomic mass is 28.4. The summed E-state index contributed by atoms with van der Waals surface area (Å²) >= 11 is 0. The average Bonchev–Trinajstić information content (AvgIpc) is 2.45. The van der Waals surface area contributed by atoms with Gasteiger partial charge in [0.15, 0.2) is 37.3 Å². The first-order valence-electron chi connectivity index (χ1n) is 9.87. The largest absolute Gasteiger partial charge is 0.457 e. The molecule has 0 amide bonds. The van der Waals surface area contributed by atoms with Crippen LogP contribution in [-0.4, -0.2) is 75.3 Å². The predicted octanol–water partition coefficient (Wildman–Crippen LogP) is 3.58. The van der Waals surface area contributed by atoms with E-state index in [1.165, 1.54) is 6.92 Å². The number of hydrogen-bond donors (Lipinski definition) is 0. The van der Waals surface area contributed by atoms with Gasteiger partial charge in [0.2, 0.25) is 0 Å². The monoisotopic (exact) mass is 452 g/mol. The Morgan fingerprint density at radius 1 is 0.821 bits per heavy atom. The van der Waals surface area contributed by atoms with E-state index >= 15 is 0 Å². The van der Waals surface area contributed by atoms with Gasteiger partial charge < -0.3 is 27.5 Å². The molecule has 0 bridgehead atoms. The molecule has 5 atom stereocenters. The SMILES string of the molecule is CO[C@@H]1O[C@H](CO[Si](C)(C)C)[C@H](O[Si](C)(C)C)[C@H](OC(C)=O)[C@H]1O[Si](C)(C)C. The van der Waals surface area contributed by atoms with Gasteiger partial charge in [-0.15, -0.1) is 0 Å². The Labute approximate surface area is 173 Å². The van der Waals surface area contributed by atoms with Crippen molar-refractivity contribution in [2.75, 3.05) is 13.7 Å². The van der Waals surface area contributed by atoms with Crippen LogP contribution in [0.4, 0.5) is 0 Å². The van der Waals surface area contributed by atoms with Gasteiger partial charge in [0.1, 0.15) is 18.3 Å². The highest BCUT2D eigenvalue weighted by Gasteiger charge is 2.52. The molecule has 0 unspecified atom stereocenters. The van der Waals surface area contributed by atoms with Crippen LogP contribution in [0.5, 0.6) is 0 Å². The van der Waals surface area contributed by atoms with E-state index < -0.39 is 55.7 Å². The smallest absolute Gasteiger partial charge is 0.303 e. The first-order chi connectivity index (χ1) is 12.5. The van der Waals surface area contributed by atoms with Crippen LogP contribution in [0.25, 0.3) is 0 Å². The number of esters is 1. The molecular formula is C18H40O7Si3. The van der Waals surface area contributed by atoms with Crippen LogP contribution in [0.15, 0.2) is 0 Å². The molecule has 1 fully saturated rings. The van der Waals surface area contributed by atoms with Crippen LogP contribution in [0.3, 0.4) is 0 Å². The summed E-state index contributed by atoms with van der Waals surface area (Å²) in [6.45, 7) is 20.7. The van der Waals surface area contributed by atoms with Crippen molar-refractivity contribution >= 4 is 30.9 Å². The fourth-order valence-corrected chi connectivity index (χ4v) is 5.77. The van der Waals surface area contributed by atoms with Crippen LogP contribution >= 0.6 is 0 Å². The fourth-order valence-electron chi connectivity index (χ4n) is 2.94. The number of carbonyl (C=O) groups is 1. The Hall–Kier alpha value is -0.0794. The van der Waals surface area contributed by atoms with E-state index in [-0.39, 0.29) is 5.97 Å². The van der Waals surface area contributed by atoms with Gasteiger partial charge in [0, 0.05) is 14.0 Å². The maximum absolute atomic E-state index is 11.9. The number of rotatable bonds is 9. The highest BCUT2D eigenvalue weighted by Crippen LogP contribution is 2.32. The Balaban J connectivity index is 3.28. The molecule has 10 heteroatoms. The Kier molecular flexibility index (Phi) is 9.10. The third-order valence-electron chi connectivity index (χ3n) is 3.79. The third kappa shape index (κ3) is 9.16. The van der Waals surface area contributed by atoms with Crippen molar-refractivity contribution in [3.63, 3.8) is 0 Å². The minimum absolute atomic E-state index is 0.363. The van der Waals surface area contributed by atoms with E-state index in [1.807, 2.05) is 0 Å². The molecule has 1 heterocycles. The van der Waals surface area contributed by atoms with E-state index in [9.17, 15) is 4.79 Å². The second-order valence-corrected chi connectivity index (χ2v) is 23.6. The first kappa shape index (κ1) is 26.0. The Morgan fingerprint density at radius 2 is 1.32 bits per heavy atom. The Bertz CT molecular complexity index is 511. The van der Waals surface area contributed by atoms with Crippen molar-refractivity contribution < 1.29 is 32.3 Å². The Morgan fingerprint density at radius 3 is 1.71 bits per heavy atom. The van der Waals surface area contributed by atoms with Crippen molar-refractivity contribution in [1.82, 2.24) is 0 Å². The molecule has 0 saturated carbocycles. The summed E-state index contributed by atoms with van der Waals surface area (Å²) in [4.78, 5) is 11.9. The van der Waals surface area contributed by atoms with Crippen molar-refractivity contribution in [3.05, 3.63) is 0 Å². The maximum Gasteiger partial charge on any atom is 0.303 e. The standard InChI is InChI=1S/C18H40O7Si3/c1-13(19)22-16-15(24-27(6,7)8)14(12-21-26(3,4)5)23-18(20-2)17(16)25-28(9,10)11/h14-18H,12H2,1-11H3/t14-,15+,16+,17-,18-/m1/s1. The van der Waals surface area contributed by atoms with Gasteiger partial charge in [-0.05, 0) is 58.9 Å². The van der Waals surface area contributed by atoms with E-state index in [2.05, 4.69) is 58.9 Å². The maximum atomic E-state index is 11.9. The molecule has 0 spiro atoms. The molecule has 1 aliphatic rings. The number of carbonyl (C=O) groups excluding carboxylic acids is 1. The third-order valence-corrected chi connectivity index (χ3v) is 6.78. The van der Waals surface area contributed by atoms with Crippen molar-refractivity contribution in [2.45, 2.75) is 96.6 Å². The first-order valence-corrected chi connectivity index (χ1v) is 20.1. The molecule has 0 radical (unpaired) electrons. The molecule has 0 aromatic heterocycles. The second-order valence-electron chi connectivity index (χ2n) is 10.2. The molecular weight excluding hydrogens is 412 g/mol. The summed E-state index contributed by atoms with van der Waals surface area (Å²) < 4.78 is 36.5. The summed E-state index contributed by atoms with van der Waals surface area (Å²) in [6, 6.07) is 0. The lowest BCUT2D eigenvalue weighted by Gasteiger charge is -2.48. The summed E-state index contributed by atoms with van der Waals surface area (Å²) in [6.07, 6.45) is -2.71. The zero-order valence-electron chi connectivity index (χ0n) is 19.5. The minimum atomic E-state index is -1.98. The van der Waals surface area contributed by atoms with E-state index in [4.69, 9.17) is 27.5 Å². The van der Waals surface area contributed by atoms with E-state index in [1.54, 1.807) is 7.11 Å². The number of hydrogen-bond acceptors (Lipinski definition) is 7. The minimum Gasteiger partial charge on any atom is -0.457 e. The van der Waals surface area contributed by atoms with Gasteiger partial charge in [0.05, 0.1) is 6.61 Å². The molecule has 166 valence electrons. The van der Waals surface area contributed by atoms with Crippen LogP contribution in [-0.2, 0) is 32.3 Å². The molecule has 0 aliphatic carbocycles. The van der Waals surface area contributed by atoms with Crippen LogP contribution < -0.4 is 0 Å². The summed E-state index contributed by atoms with van der Waals surface area (Å²) in [5.41, 5.74) is 0. The predicted molar refractivity (Wildman–Crippen MR) is 117 cm³/mol. The van der Waals surface area contributed by atoms with Gasteiger partial charge in [-0.2, -0.15) is 0 Å². The van der Waals surface area contributed by atoms with Crippen LogP contribution in [0, 0.1) is 0 Å². The van der Waals surface area contributed by atoms with Gasteiger partial charge in [-0.25, -0.2) is 0 Å². The summed E-state index contributed by atoms with van der Waals surface area (Å²) in [5.74, 6) is -0.375. The van der Waals surface area contributed by atoms with Crippen molar-refractivity contribution in [3.8, 4) is 0 Å². The zero-order chi connectivity index (χ0) is 21.9. The van der Waals surface area contributed by atoms with Crippen LogP contribution in [0.2, 0.25) is 58.9 Å². The van der Waals surface area contributed by atoms with E-state index in [0.717, 1.165) is 0 Å². The number of ether oxygens (including phenoxy) is 3. The quantitative estimate of drug-likeness (QED) is 0.391. The molecule has 1 rings (SSSR count). The van der Waals surface area contributed by atoms with E-state index in [0.29, 0.717) is 6.61 Å². The zero-order valence-corrected chi connectivity index (χ0v) is 22.5. The molecule has 0 N–H and O–H groups in total. The van der Waals surface area contributed by atoms with Crippen molar-refractivity contribution in [2.24, 2.45) is 0 Å². The topological polar surface area (TPSA) is 72.5 Å². The van der Waals surface area contributed by atoms with Gasteiger partial charge in [-0.1, -0.05) is 0 Å². The van der Waals surface area contributed by atoms with Gasteiger partial charge >= 0.3 is 5.97 Å². The summed E-state index contributed by atoms with van der Waals surface area (Å²) in [5, 5.41) is 0. The highest BCUT2D eigenvalue weighted by molar-refractivity contribution is 6.70. The fraction of sp³-hybridized carbons (Fsp3) is 0.944. The number of methoxy groups -OCH3 is 1. The molecule has 1 aliphatic heterocycles. The van der Waals surface area contributed by atoms with Gasteiger partial charge in [0.25, 0.3) is 0 Å². The molecule has 7 nitrogen and oxygen atoms in total. The summed E-state index contributed by atoms with van der Waals surface area (Å²) in [7, 11) is -4.14. The molecule has 1 saturated heterocycles. The van der Waals surface area contributed by atoms with Gasteiger partial charge in [-0.3, -0.25) is 4.79 Å². The lowest BCUT2D eigenvalue weighted by molar-refractivity contribution is -0.289.